The minimum Gasteiger partial charge on any atom is -0.370 e. The maximum absolute atomic E-state index is 5.93. The first-order valence-corrected chi connectivity index (χ1v) is 7.52. The molecule has 0 aliphatic carbocycles. The molecule has 1 fully saturated rings. The van der Waals surface area contributed by atoms with Crippen molar-refractivity contribution in [3.63, 3.8) is 0 Å². The molecule has 0 bridgehead atoms. The first kappa shape index (κ1) is 14.9. The summed E-state index contributed by atoms with van der Waals surface area (Å²) in [4.78, 5) is 6.88. The van der Waals surface area contributed by atoms with Crippen LogP contribution < -0.4 is 11.1 Å². The van der Waals surface area contributed by atoms with Gasteiger partial charge in [-0.05, 0) is 63.0 Å². The van der Waals surface area contributed by atoms with E-state index in [0.717, 1.165) is 18.8 Å². The van der Waals surface area contributed by atoms with Crippen LogP contribution in [0.15, 0.2) is 23.2 Å². The summed E-state index contributed by atoms with van der Waals surface area (Å²) in [5, 5.41) is 3.16. The molecule has 1 aliphatic rings. The summed E-state index contributed by atoms with van der Waals surface area (Å²) in [5.41, 5.74) is 9.49. The minimum atomic E-state index is 0.505. The lowest BCUT2D eigenvalue weighted by molar-refractivity contribution is 0.235. The molecular weight excluding hydrogens is 248 g/mol. The summed E-state index contributed by atoms with van der Waals surface area (Å²) in [5.74, 6) is 0.505. The molecule has 1 aromatic carbocycles. The number of anilines is 1. The molecule has 1 aliphatic heterocycles. The Morgan fingerprint density at radius 2 is 1.95 bits per heavy atom. The predicted octanol–water partition coefficient (Wildman–Crippen LogP) is 2.52. The minimum absolute atomic E-state index is 0.505. The molecule has 2 rings (SSSR count). The summed E-state index contributed by atoms with van der Waals surface area (Å²) in [6.07, 6.45) is 4.01. The molecular formula is C16H26N4. The van der Waals surface area contributed by atoms with E-state index in [2.05, 4.69) is 41.2 Å². The largest absolute Gasteiger partial charge is 0.370 e. The van der Waals surface area contributed by atoms with Gasteiger partial charge in [-0.3, -0.25) is 4.99 Å². The van der Waals surface area contributed by atoms with Crippen molar-refractivity contribution >= 4 is 11.6 Å². The highest BCUT2D eigenvalue weighted by Crippen LogP contribution is 2.13. The highest BCUT2D eigenvalue weighted by atomic mass is 15.2. The molecule has 3 N–H and O–H groups in total. The molecule has 0 spiro atoms. The summed E-state index contributed by atoms with van der Waals surface area (Å²) in [6.45, 7) is 8.40. The van der Waals surface area contributed by atoms with Crippen molar-refractivity contribution in [3.8, 4) is 0 Å². The number of hydrogen-bond donors (Lipinski definition) is 2. The summed E-state index contributed by atoms with van der Waals surface area (Å²) in [6, 6.07) is 6.23. The van der Waals surface area contributed by atoms with Gasteiger partial charge in [0, 0.05) is 12.2 Å². The van der Waals surface area contributed by atoms with E-state index in [1.54, 1.807) is 0 Å². The molecule has 1 saturated heterocycles. The van der Waals surface area contributed by atoms with E-state index in [4.69, 9.17) is 5.73 Å². The smallest absolute Gasteiger partial charge is 0.193 e. The van der Waals surface area contributed by atoms with Crippen molar-refractivity contribution in [1.82, 2.24) is 4.90 Å². The lowest BCUT2D eigenvalue weighted by Gasteiger charge is -2.25. The van der Waals surface area contributed by atoms with Gasteiger partial charge in [-0.2, -0.15) is 0 Å². The van der Waals surface area contributed by atoms with Gasteiger partial charge < -0.3 is 16.0 Å². The predicted molar refractivity (Wildman–Crippen MR) is 86.3 cm³/mol. The number of likely N-dealkylation sites (tertiary alicyclic amines) is 1. The standard InChI is InChI=1S/C16H26N4/c1-13-6-7-15(12-14(13)2)19-16(17)18-8-11-20-9-4-3-5-10-20/h6-7,12H,3-5,8-11H2,1-2H3,(H3,17,18,19). The molecule has 4 nitrogen and oxygen atoms in total. The fourth-order valence-electron chi connectivity index (χ4n) is 2.50. The van der Waals surface area contributed by atoms with Crippen LogP contribution in [-0.4, -0.2) is 37.0 Å². The topological polar surface area (TPSA) is 53.6 Å². The molecule has 0 aromatic heterocycles. The maximum atomic E-state index is 5.93. The van der Waals surface area contributed by atoms with Crippen molar-refractivity contribution in [2.24, 2.45) is 10.7 Å². The second-order valence-electron chi connectivity index (χ2n) is 5.59. The zero-order chi connectivity index (χ0) is 14.4. The number of guanidine groups is 1. The Hall–Kier alpha value is -1.55. The normalized spacial score (nSPS) is 17.2. The SMILES string of the molecule is Cc1ccc(NC(N)=NCCN2CCCCC2)cc1C. The van der Waals surface area contributed by atoms with Gasteiger partial charge in [0.1, 0.15) is 0 Å². The molecule has 20 heavy (non-hydrogen) atoms. The van der Waals surface area contributed by atoms with Crippen LogP contribution in [0.25, 0.3) is 0 Å². The molecule has 0 amide bonds. The molecule has 0 atom stereocenters. The Morgan fingerprint density at radius 3 is 2.65 bits per heavy atom. The Labute approximate surface area is 122 Å². The van der Waals surface area contributed by atoms with Crippen molar-refractivity contribution in [3.05, 3.63) is 29.3 Å². The number of nitrogens with zero attached hydrogens (tertiary/aromatic N) is 2. The van der Waals surface area contributed by atoms with E-state index in [1.807, 2.05) is 6.07 Å². The van der Waals surface area contributed by atoms with Gasteiger partial charge in [0.05, 0.1) is 6.54 Å². The van der Waals surface area contributed by atoms with E-state index in [1.165, 1.54) is 43.5 Å². The van der Waals surface area contributed by atoms with Gasteiger partial charge >= 0.3 is 0 Å². The van der Waals surface area contributed by atoms with Crippen molar-refractivity contribution in [1.29, 1.82) is 0 Å². The third-order valence-electron chi connectivity index (χ3n) is 3.93. The molecule has 4 heteroatoms. The van der Waals surface area contributed by atoms with Crippen molar-refractivity contribution < 1.29 is 0 Å². The van der Waals surface area contributed by atoms with Crippen molar-refractivity contribution in [2.45, 2.75) is 33.1 Å². The van der Waals surface area contributed by atoms with Crippen LogP contribution in [0.3, 0.4) is 0 Å². The number of aliphatic imine (C=N–C) groups is 1. The highest BCUT2D eigenvalue weighted by Gasteiger charge is 2.08. The summed E-state index contributed by atoms with van der Waals surface area (Å²) in [7, 11) is 0. The number of nitrogens with two attached hydrogens (primary N) is 1. The van der Waals surface area contributed by atoms with Gasteiger partial charge in [0.25, 0.3) is 0 Å². The molecule has 0 unspecified atom stereocenters. The average Bonchev–Trinajstić information content (AvgIpc) is 2.44. The number of piperidine rings is 1. The van der Waals surface area contributed by atoms with Gasteiger partial charge in [-0.25, -0.2) is 0 Å². The average molecular weight is 274 g/mol. The van der Waals surface area contributed by atoms with Crippen LogP contribution >= 0.6 is 0 Å². The zero-order valence-electron chi connectivity index (χ0n) is 12.7. The van der Waals surface area contributed by atoms with Crippen LogP contribution in [0.5, 0.6) is 0 Å². The molecule has 1 aromatic rings. The van der Waals surface area contributed by atoms with Gasteiger partial charge in [0.2, 0.25) is 0 Å². The fraction of sp³-hybridized carbons (Fsp3) is 0.562. The Morgan fingerprint density at radius 1 is 1.20 bits per heavy atom. The molecule has 0 saturated carbocycles. The number of nitrogens with one attached hydrogen (secondary N) is 1. The van der Waals surface area contributed by atoms with Crippen LogP contribution in [-0.2, 0) is 0 Å². The summed E-state index contributed by atoms with van der Waals surface area (Å²) < 4.78 is 0. The second kappa shape index (κ2) is 7.29. The maximum Gasteiger partial charge on any atom is 0.193 e. The Kier molecular flexibility index (Phi) is 5.41. The van der Waals surface area contributed by atoms with E-state index in [0.29, 0.717) is 5.96 Å². The molecule has 0 radical (unpaired) electrons. The molecule has 1 heterocycles. The number of rotatable bonds is 4. The molecule has 110 valence electrons. The van der Waals surface area contributed by atoms with Crippen molar-refractivity contribution in [2.75, 3.05) is 31.5 Å². The first-order chi connectivity index (χ1) is 9.65. The Bertz CT molecular complexity index is 462. The number of hydrogen-bond acceptors (Lipinski definition) is 2. The van der Waals surface area contributed by atoms with Crippen LogP contribution in [0, 0.1) is 13.8 Å². The Balaban J connectivity index is 1.79. The van der Waals surface area contributed by atoms with Gasteiger partial charge in [0.15, 0.2) is 5.96 Å². The lowest BCUT2D eigenvalue weighted by Crippen LogP contribution is -2.32. The van der Waals surface area contributed by atoms with Gasteiger partial charge in [-0.1, -0.05) is 12.5 Å². The highest BCUT2D eigenvalue weighted by molar-refractivity contribution is 5.92. The second-order valence-corrected chi connectivity index (χ2v) is 5.59. The number of aryl methyl sites for hydroxylation is 2. The third-order valence-corrected chi connectivity index (χ3v) is 3.93. The fourth-order valence-corrected chi connectivity index (χ4v) is 2.50. The van der Waals surface area contributed by atoms with E-state index in [-0.39, 0.29) is 0 Å². The van der Waals surface area contributed by atoms with Crippen LogP contribution in [0.1, 0.15) is 30.4 Å². The number of benzene rings is 1. The first-order valence-electron chi connectivity index (χ1n) is 7.52. The van der Waals surface area contributed by atoms with E-state index >= 15 is 0 Å². The summed E-state index contributed by atoms with van der Waals surface area (Å²) >= 11 is 0. The monoisotopic (exact) mass is 274 g/mol. The third kappa shape index (κ3) is 4.53. The lowest BCUT2D eigenvalue weighted by atomic mass is 10.1. The quantitative estimate of drug-likeness (QED) is 0.655. The van der Waals surface area contributed by atoms with E-state index < -0.39 is 0 Å². The van der Waals surface area contributed by atoms with E-state index in [9.17, 15) is 0 Å². The van der Waals surface area contributed by atoms with Crippen LogP contribution in [0.2, 0.25) is 0 Å². The van der Waals surface area contributed by atoms with Crippen LogP contribution in [0.4, 0.5) is 5.69 Å². The zero-order valence-corrected chi connectivity index (χ0v) is 12.7. The van der Waals surface area contributed by atoms with Gasteiger partial charge in [-0.15, -0.1) is 0 Å².